The first-order valence-corrected chi connectivity index (χ1v) is 5.20. The number of halogens is 2. The molecule has 0 atom stereocenters. The summed E-state index contributed by atoms with van der Waals surface area (Å²) in [4.78, 5) is 4.13. The molecule has 1 aliphatic rings. The maximum atomic E-state index is 5.61. The van der Waals surface area contributed by atoms with Crippen LogP contribution in [0.2, 0.25) is 0 Å². The van der Waals surface area contributed by atoms with Gasteiger partial charge in [0.15, 0.2) is 0 Å². The van der Waals surface area contributed by atoms with E-state index in [2.05, 4.69) is 10.3 Å². The minimum absolute atomic E-state index is 0. The molecule has 1 fully saturated rings. The molecule has 0 unspecified atom stereocenters. The number of nitrogens with one attached hydrogen (secondary N) is 1. The molecule has 3 nitrogen and oxygen atoms in total. The van der Waals surface area contributed by atoms with Crippen molar-refractivity contribution in [2.24, 2.45) is 5.92 Å². The number of hydrogen-bond donors (Lipinski definition) is 1. The summed E-state index contributed by atoms with van der Waals surface area (Å²) in [7, 11) is 0. The Kier molecular flexibility index (Phi) is 8.35. The maximum Gasteiger partial charge on any atom is 0.213 e. The van der Waals surface area contributed by atoms with E-state index in [1.54, 1.807) is 6.20 Å². The van der Waals surface area contributed by atoms with E-state index in [0.29, 0.717) is 5.92 Å². The van der Waals surface area contributed by atoms with E-state index in [4.69, 9.17) is 4.74 Å². The topological polar surface area (TPSA) is 34.1 Å². The van der Waals surface area contributed by atoms with Crippen molar-refractivity contribution in [3.05, 3.63) is 24.4 Å². The lowest BCUT2D eigenvalue weighted by Crippen LogP contribution is -2.30. The fourth-order valence-corrected chi connectivity index (χ4v) is 1.68. The predicted octanol–water partition coefficient (Wildman–Crippen LogP) is 2.30. The Morgan fingerprint density at radius 1 is 1.25 bits per heavy atom. The Morgan fingerprint density at radius 2 is 2.00 bits per heavy atom. The Labute approximate surface area is 109 Å². The highest BCUT2D eigenvalue weighted by Crippen LogP contribution is 2.13. The first kappa shape index (κ1) is 15.5. The SMILES string of the molecule is Cl.Cl.c1ccc(OCC2CCNCC2)nc1. The van der Waals surface area contributed by atoms with Gasteiger partial charge in [0, 0.05) is 12.3 Å². The van der Waals surface area contributed by atoms with Gasteiger partial charge in [-0.25, -0.2) is 4.98 Å². The van der Waals surface area contributed by atoms with Gasteiger partial charge >= 0.3 is 0 Å². The average molecular weight is 265 g/mol. The summed E-state index contributed by atoms with van der Waals surface area (Å²) in [5.74, 6) is 1.43. The van der Waals surface area contributed by atoms with Crippen LogP contribution in [0.25, 0.3) is 0 Å². The molecule has 16 heavy (non-hydrogen) atoms. The van der Waals surface area contributed by atoms with Gasteiger partial charge in [0.05, 0.1) is 6.61 Å². The summed E-state index contributed by atoms with van der Waals surface area (Å²) >= 11 is 0. The van der Waals surface area contributed by atoms with Gasteiger partial charge in [-0.15, -0.1) is 24.8 Å². The third kappa shape index (κ3) is 5.01. The smallest absolute Gasteiger partial charge is 0.213 e. The van der Waals surface area contributed by atoms with Gasteiger partial charge in [0.25, 0.3) is 0 Å². The summed E-state index contributed by atoms with van der Waals surface area (Å²) in [6.07, 6.45) is 4.19. The standard InChI is InChI=1S/C11H16N2O.2ClH/c1-2-6-13-11(3-1)14-9-10-4-7-12-8-5-10;;/h1-3,6,10,12H,4-5,7-9H2;2*1H. The first-order chi connectivity index (χ1) is 6.95. The van der Waals surface area contributed by atoms with Gasteiger partial charge in [0.1, 0.15) is 0 Å². The Bertz CT molecular complexity index is 266. The Balaban J connectivity index is 0.00000112. The molecule has 0 radical (unpaired) electrons. The second-order valence-corrected chi connectivity index (χ2v) is 3.67. The van der Waals surface area contributed by atoms with Crippen LogP contribution in [0.5, 0.6) is 5.88 Å². The fraction of sp³-hybridized carbons (Fsp3) is 0.545. The number of ether oxygens (including phenoxy) is 1. The third-order valence-corrected chi connectivity index (χ3v) is 2.56. The second-order valence-electron chi connectivity index (χ2n) is 3.67. The summed E-state index contributed by atoms with van der Waals surface area (Å²) in [6.45, 7) is 3.05. The highest BCUT2D eigenvalue weighted by atomic mass is 35.5. The number of piperidine rings is 1. The zero-order valence-corrected chi connectivity index (χ0v) is 10.7. The number of hydrogen-bond acceptors (Lipinski definition) is 3. The zero-order chi connectivity index (χ0) is 9.64. The van der Waals surface area contributed by atoms with Crippen molar-refractivity contribution in [2.75, 3.05) is 19.7 Å². The van der Waals surface area contributed by atoms with Crippen LogP contribution in [0.4, 0.5) is 0 Å². The van der Waals surface area contributed by atoms with Crippen molar-refractivity contribution < 1.29 is 4.74 Å². The first-order valence-electron chi connectivity index (χ1n) is 5.20. The number of rotatable bonds is 3. The van der Waals surface area contributed by atoms with Crippen molar-refractivity contribution in [1.29, 1.82) is 0 Å². The van der Waals surface area contributed by atoms with E-state index >= 15 is 0 Å². The molecular formula is C11H18Cl2N2O. The Hall–Kier alpha value is -0.510. The molecule has 1 saturated heterocycles. The highest BCUT2D eigenvalue weighted by molar-refractivity contribution is 5.85. The van der Waals surface area contributed by atoms with Crippen molar-refractivity contribution >= 4 is 24.8 Å². The summed E-state index contributed by atoms with van der Waals surface area (Å²) in [6, 6.07) is 5.75. The van der Waals surface area contributed by atoms with Gasteiger partial charge in [-0.2, -0.15) is 0 Å². The van der Waals surface area contributed by atoms with E-state index in [-0.39, 0.29) is 24.8 Å². The number of nitrogens with zero attached hydrogens (tertiary/aromatic N) is 1. The maximum absolute atomic E-state index is 5.61. The van der Waals surface area contributed by atoms with Crippen LogP contribution >= 0.6 is 24.8 Å². The zero-order valence-electron chi connectivity index (χ0n) is 9.09. The minimum Gasteiger partial charge on any atom is -0.477 e. The van der Waals surface area contributed by atoms with Crippen molar-refractivity contribution in [2.45, 2.75) is 12.8 Å². The molecule has 1 aromatic rings. The predicted molar refractivity (Wildman–Crippen MR) is 69.8 cm³/mol. The highest BCUT2D eigenvalue weighted by Gasteiger charge is 2.13. The molecule has 0 aliphatic carbocycles. The average Bonchev–Trinajstić information content (AvgIpc) is 2.29. The molecule has 0 aromatic carbocycles. The summed E-state index contributed by atoms with van der Waals surface area (Å²) < 4.78 is 5.61. The Morgan fingerprint density at radius 3 is 2.62 bits per heavy atom. The van der Waals surface area contributed by atoms with Crippen molar-refractivity contribution in [1.82, 2.24) is 10.3 Å². The molecule has 2 rings (SSSR count). The summed E-state index contributed by atoms with van der Waals surface area (Å²) in [5, 5.41) is 3.34. The van der Waals surface area contributed by atoms with E-state index in [0.717, 1.165) is 25.6 Å². The van der Waals surface area contributed by atoms with Crippen molar-refractivity contribution in [3.63, 3.8) is 0 Å². The van der Waals surface area contributed by atoms with Gasteiger partial charge in [-0.1, -0.05) is 6.07 Å². The molecule has 1 N–H and O–H groups in total. The molecule has 5 heteroatoms. The lowest BCUT2D eigenvalue weighted by Gasteiger charge is -2.22. The minimum atomic E-state index is 0. The van der Waals surface area contributed by atoms with Crippen LogP contribution in [-0.2, 0) is 0 Å². The molecule has 0 saturated carbocycles. The van der Waals surface area contributed by atoms with Crippen LogP contribution in [0.15, 0.2) is 24.4 Å². The van der Waals surface area contributed by atoms with Gasteiger partial charge in [-0.3, -0.25) is 0 Å². The molecule has 0 amide bonds. The normalized spacial score (nSPS) is 15.8. The van der Waals surface area contributed by atoms with Crippen LogP contribution in [0, 0.1) is 5.92 Å². The van der Waals surface area contributed by atoms with Crippen LogP contribution in [-0.4, -0.2) is 24.7 Å². The van der Waals surface area contributed by atoms with E-state index < -0.39 is 0 Å². The molecule has 92 valence electrons. The van der Waals surface area contributed by atoms with E-state index in [1.165, 1.54) is 12.8 Å². The van der Waals surface area contributed by atoms with Gasteiger partial charge in [0.2, 0.25) is 5.88 Å². The summed E-state index contributed by atoms with van der Waals surface area (Å²) in [5.41, 5.74) is 0. The lowest BCUT2D eigenvalue weighted by atomic mass is 9.99. The fourth-order valence-electron chi connectivity index (χ4n) is 1.68. The lowest BCUT2D eigenvalue weighted by molar-refractivity contribution is 0.209. The molecule has 1 aliphatic heterocycles. The number of aromatic nitrogens is 1. The third-order valence-electron chi connectivity index (χ3n) is 2.56. The van der Waals surface area contributed by atoms with Crippen LogP contribution in [0.1, 0.15) is 12.8 Å². The van der Waals surface area contributed by atoms with E-state index in [9.17, 15) is 0 Å². The largest absolute Gasteiger partial charge is 0.477 e. The molecule has 0 bridgehead atoms. The quantitative estimate of drug-likeness (QED) is 0.910. The van der Waals surface area contributed by atoms with Crippen molar-refractivity contribution in [3.8, 4) is 5.88 Å². The van der Waals surface area contributed by atoms with Gasteiger partial charge < -0.3 is 10.1 Å². The molecule has 2 heterocycles. The van der Waals surface area contributed by atoms with Crippen LogP contribution in [0.3, 0.4) is 0 Å². The van der Waals surface area contributed by atoms with Crippen LogP contribution < -0.4 is 10.1 Å². The van der Waals surface area contributed by atoms with E-state index in [1.807, 2.05) is 18.2 Å². The van der Waals surface area contributed by atoms with Gasteiger partial charge in [-0.05, 0) is 37.9 Å². The molecule has 1 aromatic heterocycles. The monoisotopic (exact) mass is 264 g/mol. The molecular weight excluding hydrogens is 247 g/mol. The number of pyridine rings is 1. The second kappa shape index (κ2) is 8.62. The molecule has 0 spiro atoms.